The van der Waals surface area contributed by atoms with Gasteiger partial charge in [0.1, 0.15) is 5.69 Å². The molecule has 0 aliphatic carbocycles. The molecule has 0 unspecified atom stereocenters. The van der Waals surface area contributed by atoms with Crippen molar-refractivity contribution in [3.05, 3.63) is 105 Å². The number of aromatic nitrogens is 2. The van der Waals surface area contributed by atoms with Crippen LogP contribution in [-0.4, -0.2) is 51.7 Å². The van der Waals surface area contributed by atoms with E-state index in [-0.39, 0.29) is 30.4 Å². The van der Waals surface area contributed by atoms with Gasteiger partial charge in [-0.2, -0.15) is 18.3 Å². The zero-order valence-electron chi connectivity index (χ0n) is 20.3. The number of nitro groups is 1. The lowest BCUT2D eigenvalue weighted by molar-refractivity contribution is -0.384. The van der Waals surface area contributed by atoms with E-state index in [1.807, 2.05) is 0 Å². The van der Waals surface area contributed by atoms with Crippen molar-refractivity contribution in [1.82, 2.24) is 14.7 Å². The second-order valence-electron chi connectivity index (χ2n) is 8.91. The first-order valence-corrected chi connectivity index (χ1v) is 12.3. The van der Waals surface area contributed by atoms with Gasteiger partial charge in [-0.1, -0.05) is 41.9 Å². The van der Waals surface area contributed by atoms with Gasteiger partial charge in [-0.3, -0.25) is 14.9 Å². The number of non-ortho nitro benzene ring substituents is 1. The average molecular weight is 556 g/mol. The van der Waals surface area contributed by atoms with E-state index >= 15 is 0 Å². The average Bonchev–Trinajstić information content (AvgIpc) is 3.38. The summed E-state index contributed by atoms with van der Waals surface area (Å²) in [5.41, 5.74) is 1.05. The first-order chi connectivity index (χ1) is 18.6. The van der Waals surface area contributed by atoms with Crippen molar-refractivity contribution < 1.29 is 22.9 Å². The summed E-state index contributed by atoms with van der Waals surface area (Å²) < 4.78 is 40.8. The quantitative estimate of drug-likeness (QED) is 0.220. The fourth-order valence-corrected chi connectivity index (χ4v) is 4.71. The molecule has 1 saturated heterocycles. The van der Waals surface area contributed by atoms with Gasteiger partial charge in [0.05, 0.1) is 26.9 Å². The number of alkyl halides is 3. The Balaban J connectivity index is 1.44. The topological polar surface area (TPSA) is 84.5 Å². The van der Waals surface area contributed by atoms with E-state index in [2.05, 4.69) is 5.10 Å². The first kappa shape index (κ1) is 26.2. The van der Waals surface area contributed by atoms with E-state index in [9.17, 15) is 28.1 Å². The van der Waals surface area contributed by atoms with Gasteiger partial charge in [0.25, 0.3) is 11.6 Å². The molecule has 1 aliphatic heterocycles. The van der Waals surface area contributed by atoms with Gasteiger partial charge in [-0.05, 0) is 36.4 Å². The number of carbonyl (C=O) groups excluding carboxylic acids is 1. The van der Waals surface area contributed by atoms with E-state index in [4.69, 9.17) is 11.6 Å². The number of amides is 1. The van der Waals surface area contributed by atoms with Crippen LogP contribution in [0, 0.1) is 10.1 Å². The summed E-state index contributed by atoms with van der Waals surface area (Å²) in [5, 5.41) is 16.4. The van der Waals surface area contributed by atoms with Crippen molar-refractivity contribution in [3.63, 3.8) is 0 Å². The summed E-state index contributed by atoms with van der Waals surface area (Å²) in [7, 11) is 0. The zero-order chi connectivity index (χ0) is 27.7. The number of rotatable bonds is 5. The van der Waals surface area contributed by atoms with Crippen molar-refractivity contribution in [2.45, 2.75) is 6.18 Å². The minimum Gasteiger partial charge on any atom is -0.368 e. The summed E-state index contributed by atoms with van der Waals surface area (Å²) in [5.74, 6) is -0.365. The summed E-state index contributed by atoms with van der Waals surface area (Å²) in [6.07, 6.45) is -4.45. The van der Waals surface area contributed by atoms with Crippen LogP contribution in [0.5, 0.6) is 0 Å². The largest absolute Gasteiger partial charge is 0.416 e. The van der Waals surface area contributed by atoms with Crippen LogP contribution < -0.4 is 4.90 Å². The second kappa shape index (κ2) is 10.4. The number of piperazine rings is 1. The fourth-order valence-electron chi connectivity index (χ4n) is 4.48. The van der Waals surface area contributed by atoms with Crippen molar-refractivity contribution in [1.29, 1.82) is 0 Å². The molecule has 0 atom stereocenters. The summed E-state index contributed by atoms with van der Waals surface area (Å²) >= 11 is 6.37. The summed E-state index contributed by atoms with van der Waals surface area (Å²) in [4.78, 5) is 27.9. The Hall–Kier alpha value is -4.38. The molecule has 0 saturated carbocycles. The molecule has 4 aromatic rings. The maximum atomic E-state index is 13.7. The maximum absolute atomic E-state index is 13.7. The Labute approximate surface area is 226 Å². The summed E-state index contributed by atoms with van der Waals surface area (Å²) in [6, 6.07) is 19.5. The molecule has 0 radical (unpaired) electrons. The highest BCUT2D eigenvalue weighted by Gasteiger charge is 2.32. The van der Waals surface area contributed by atoms with Crippen LogP contribution in [0.1, 0.15) is 16.1 Å². The molecule has 1 fully saturated rings. The van der Waals surface area contributed by atoms with Gasteiger partial charge >= 0.3 is 6.18 Å². The standard InChI is InChI=1S/C27H21ClF3N5O3/c28-23-10-2-1-9-22(23)24-17-25(35(32-24)20-7-4-8-21(16-20)36(38)39)26(37)34-13-11-33(12-14-34)19-6-3-5-18(15-19)27(29,30)31/h1-10,15-17H,11-14H2. The van der Waals surface area contributed by atoms with Crippen LogP contribution in [0.25, 0.3) is 16.9 Å². The van der Waals surface area contributed by atoms with Gasteiger partial charge in [0.15, 0.2) is 0 Å². The van der Waals surface area contributed by atoms with Crippen molar-refractivity contribution >= 4 is 28.9 Å². The van der Waals surface area contributed by atoms with E-state index in [1.165, 1.54) is 28.9 Å². The van der Waals surface area contributed by atoms with Gasteiger partial charge in [-0.25, -0.2) is 4.68 Å². The van der Waals surface area contributed by atoms with Crippen LogP contribution in [-0.2, 0) is 6.18 Å². The molecular formula is C27H21ClF3N5O3. The molecule has 1 aromatic heterocycles. The van der Waals surface area contributed by atoms with E-state index in [0.717, 1.165) is 12.1 Å². The number of benzene rings is 3. The van der Waals surface area contributed by atoms with Gasteiger partial charge in [0.2, 0.25) is 0 Å². The Morgan fingerprint density at radius 3 is 2.28 bits per heavy atom. The highest BCUT2D eigenvalue weighted by atomic mass is 35.5. The highest BCUT2D eigenvalue weighted by molar-refractivity contribution is 6.33. The number of hydrogen-bond acceptors (Lipinski definition) is 5. The third kappa shape index (κ3) is 5.44. The van der Waals surface area contributed by atoms with Crippen LogP contribution in [0.3, 0.4) is 0 Å². The van der Waals surface area contributed by atoms with Gasteiger partial charge in [-0.15, -0.1) is 0 Å². The maximum Gasteiger partial charge on any atom is 0.416 e. The Morgan fingerprint density at radius 2 is 1.59 bits per heavy atom. The first-order valence-electron chi connectivity index (χ1n) is 11.9. The smallest absolute Gasteiger partial charge is 0.368 e. The monoisotopic (exact) mass is 555 g/mol. The lowest BCUT2D eigenvalue weighted by Crippen LogP contribution is -2.49. The third-order valence-corrected chi connectivity index (χ3v) is 6.80. The van der Waals surface area contributed by atoms with E-state index in [1.54, 1.807) is 52.3 Å². The normalized spacial score (nSPS) is 13.9. The number of nitrogens with zero attached hydrogens (tertiary/aromatic N) is 5. The number of anilines is 1. The number of carbonyl (C=O) groups is 1. The molecule has 2 heterocycles. The lowest BCUT2D eigenvalue weighted by atomic mass is 10.1. The third-order valence-electron chi connectivity index (χ3n) is 6.47. The van der Waals surface area contributed by atoms with Crippen LogP contribution in [0.15, 0.2) is 78.9 Å². The zero-order valence-corrected chi connectivity index (χ0v) is 21.1. The summed E-state index contributed by atoms with van der Waals surface area (Å²) in [6.45, 7) is 1.18. The molecule has 5 rings (SSSR count). The van der Waals surface area contributed by atoms with E-state index in [0.29, 0.717) is 40.7 Å². The van der Waals surface area contributed by atoms with Crippen molar-refractivity contribution in [2.75, 3.05) is 31.1 Å². The molecule has 0 N–H and O–H groups in total. The predicted molar refractivity (Wildman–Crippen MR) is 140 cm³/mol. The molecule has 3 aromatic carbocycles. The molecule has 12 heteroatoms. The Morgan fingerprint density at radius 1 is 0.897 bits per heavy atom. The molecule has 0 bridgehead atoms. The van der Waals surface area contributed by atoms with Crippen LogP contribution in [0.4, 0.5) is 24.5 Å². The second-order valence-corrected chi connectivity index (χ2v) is 9.32. The predicted octanol–water partition coefficient (Wildman–Crippen LogP) is 6.08. The van der Waals surface area contributed by atoms with Gasteiger partial charge < -0.3 is 9.80 Å². The molecule has 8 nitrogen and oxygen atoms in total. The molecule has 200 valence electrons. The van der Waals surface area contributed by atoms with Crippen molar-refractivity contribution in [3.8, 4) is 16.9 Å². The minimum absolute atomic E-state index is 0.157. The number of nitro benzene ring substituents is 1. The van der Waals surface area contributed by atoms with Crippen LogP contribution >= 0.6 is 11.6 Å². The van der Waals surface area contributed by atoms with Gasteiger partial charge in [0, 0.05) is 49.6 Å². The molecule has 0 spiro atoms. The lowest BCUT2D eigenvalue weighted by Gasteiger charge is -2.36. The Bertz CT molecular complexity index is 1550. The highest BCUT2D eigenvalue weighted by Crippen LogP contribution is 2.33. The molecular weight excluding hydrogens is 535 g/mol. The molecule has 1 amide bonds. The number of halogens is 4. The minimum atomic E-state index is -4.45. The molecule has 1 aliphatic rings. The van der Waals surface area contributed by atoms with Crippen LogP contribution in [0.2, 0.25) is 5.02 Å². The van der Waals surface area contributed by atoms with E-state index < -0.39 is 16.7 Å². The molecule has 39 heavy (non-hydrogen) atoms. The SMILES string of the molecule is O=C(c1cc(-c2ccccc2Cl)nn1-c1cccc([N+](=O)[O-])c1)N1CCN(c2cccc(C(F)(F)F)c2)CC1. The van der Waals surface area contributed by atoms with Crippen molar-refractivity contribution in [2.24, 2.45) is 0 Å². The number of hydrogen-bond donors (Lipinski definition) is 0. The fraction of sp³-hybridized carbons (Fsp3) is 0.185. The Kier molecular flexibility index (Phi) is 7.00.